The van der Waals surface area contributed by atoms with Crippen LogP contribution in [0.1, 0.15) is 39.5 Å². The number of hydrogen-bond acceptors (Lipinski definition) is 6. The van der Waals surface area contributed by atoms with Crippen LogP contribution in [0.25, 0.3) is 4.13 Å². The Balaban J connectivity index is 0. The van der Waals surface area contributed by atoms with E-state index in [4.69, 9.17) is 4.74 Å². The number of carbonyl (C=O) groups excluding carboxylic acids is 1. The summed E-state index contributed by atoms with van der Waals surface area (Å²) in [5.74, 6) is -0.273. The van der Waals surface area contributed by atoms with Crippen LogP contribution in [0.2, 0.25) is 0 Å². The average molecular weight is 523 g/mol. The monoisotopic (exact) mass is 522 g/mol. The van der Waals surface area contributed by atoms with Crippen molar-refractivity contribution in [1.82, 2.24) is 0 Å². The molecule has 0 aromatic carbocycles. The molecule has 0 aromatic rings. The van der Waals surface area contributed by atoms with Gasteiger partial charge in [-0.25, -0.2) is 21.6 Å². The van der Waals surface area contributed by atoms with Crippen LogP contribution >= 0.6 is 0 Å². The molecule has 0 saturated heterocycles. The molecular formula is C16H28F6N2O6S2. The first kappa shape index (κ1) is 32.8. The molecule has 0 rings (SSSR count). The zero-order valence-electron chi connectivity index (χ0n) is 18.1. The van der Waals surface area contributed by atoms with Crippen LogP contribution in [0.3, 0.4) is 0 Å². The predicted octanol–water partition coefficient (Wildman–Crippen LogP) is 3.82. The molecule has 0 spiro atoms. The minimum Gasteiger partial charge on any atom is -0.462 e. The molecule has 0 aliphatic rings. The van der Waals surface area contributed by atoms with E-state index in [0.29, 0.717) is 12.2 Å². The first-order valence-electron chi connectivity index (χ1n) is 9.11. The Morgan fingerprint density at radius 1 is 0.906 bits per heavy atom. The van der Waals surface area contributed by atoms with E-state index in [1.54, 1.807) is 6.92 Å². The fourth-order valence-corrected chi connectivity index (χ4v) is 3.55. The van der Waals surface area contributed by atoms with Gasteiger partial charge in [0.2, 0.25) is 0 Å². The van der Waals surface area contributed by atoms with Crippen molar-refractivity contribution in [3.05, 3.63) is 16.3 Å². The van der Waals surface area contributed by atoms with E-state index >= 15 is 0 Å². The quantitative estimate of drug-likeness (QED) is 0.134. The number of rotatable bonds is 11. The van der Waals surface area contributed by atoms with Gasteiger partial charge in [-0.15, -0.1) is 0 Å². The van der Waals surface area contributed by atoms with Crippen molar-refractivity contribution < 1.29 is 57.2 Å². The van der Waals surface area contributed by atoms with Crippen molar-refractivity contribution in [3.8, 4) is 0 Å². The SMILES string of the molecule is C=C(C)C(=O)OCCCC[N+](C)(C)CCCC.O=S(=O)([N-]S(=O)(=O)C(F)(F)F)C(F)(F)F. The zero-order valence-corrected chi connectivity index (χ0v) is 19.7. The molecule has 0 aliphatic heterocycles. The van der Waals surface area contributed by atoms with Crippen LogP contribution in [-0.4, -0.2) is 72.1 Å². The summed E-state index contributed by atoms with van der Waals surface area (Å²) >= 11 is 0. The highest BCUT2D eigenvalue weighted by Gasteiger charge is 2.46. The number of carbonyl (C=O) groups is 1. The number of ether oxygens (including phenoxy) is 1. The number of nitrogens with zero attached hydrogens (tertiary/aromatic N) is 2. The maximum Gasteiger partial charge on any atom is 0.480 e. The Labute approximate surface area is 184 Å². The third kappa shape index (κ3) is 13.2. The topological polar surface area (TPSA) is 109 Å². The molecule has 0 bridgehead atoms. The summed E-state index contributed by atoms with van der Waals surface area (Å²) in [6.07, 6.45) is 4.56. The minimum absolute atomic E-state index is 0.273. The maximum atomic E-state index is 11.4. The van der Waals surface area contributed by atoms with Crippen molar-refractivity contribution in [2.24, 2.45) is 0 Å². The third-order valence-corrected chi connectivity index (χ3v) is 6.38. The van der Waals surface area contributed by atoms with Gasteiger partial charge in [0.15, 0.2) is 20.0 Å². The van der Waals surface area contributed by atoms with Gasteiger partial charge in [-0.1, -0.05) is 19.9 Å². The highest BCUT2D eigenvalue weighted by Crippen LogP contribution is 2.36. The fourth-order valence-electron chi connectivity index (χ4n) is 1.84. The Morgan fingerprint density at radius 3 is 1.66 bits per heavy atom. The number of esters is 1. The van der Waals surface area contributed by atoms with Crippen LogP contribution in [0, 0.1) is 0 Å². The van der Waals surface area contributed by atoms with Gasteiger partial charge in [0, 0.05) is 5.57 Å². The first-order valence-corrected chi connectivity index (χ1v) is 12.0. The minimum atomic E-state index is -6.72. The largest absolute Gasteiger partial charge is 0.480 e. The molecule has 0 saturated carbocycles. The van der Waals surface area contributed by atoms with E-state index < -0.39 is 31.1 Å². The van der Waals surface area contributed by atoms with Gasteiger partial charge in [0.05, 0.1) is 33.8 Å². The standard InChI is InChI=1S/C14H28NO2.C2F6NO4S2/c1-6-7-10-15(4,5)11-8-9-12-17-14(16)13(2)3;3-1(4,5)14(10,11)9-15(12,13)2(6,7)8/h2,6-12H2,1,3-5H3;/q+1;-1. The second-order valence-electron chi connectivity index (χ2n) is 7.28. The van der Waals surface area contributed by atoms with Crippen LogP contribution < -0.4 is 0 Å². The van der Waals surface area contributed by atoms with Gasteiger partial charge in [0.25, 0.3) is 0 Å². The van der Waals surface area contributed by atoms with Gasteiger partial charge in [-0.05, 0) is 26.2 Å². The van der Waals surface area contributed by atoms with E-state index in [9.17, 15) is 48.0 Å². The lowest BCUT2D eigenvalue weighted by Gasteiger charge is -2.29. The van der Waals surface area contributed by atoms with Gasteiger partial charge >= 0.3 is 17.0 Å². The zero-order chi connectivity index (χ0) is 26.0. The summed E-state index contributed by atoms with van der Waals surface area (Å²) in [4.78, 5) is 11.1. The second-order valence-corrected chi connectivity index (χ2v) is 10.7. The van der Waals surface area contributed by atoms with E-state index in [1.807, 2.05) is 0 Å². The summed E-state index contributed by atoms with van der Waals surface area (Å²) in [6, 6.07) is 0. The molecule has 0 aliphatic carbocycles. The molecule has 192 valence electrons. The highest BCUT2D eigenvalue weighted by molar-refractivity contribution is 8.13. The molecule has 0 unspecified atom stereocenters. The predicted molar refractivity (Wildman–Crippen MR) is 105 cm³/mol. The van der Waals surface area contributed by atoms with Crippen LogP contribution in [0.5, 0.6) is 0 Å². The number of alkyl halides is 6. The maximum absolute atomic E-state index is 11.4. The molecule has 0 atom stereocenters. The van der Waals surface area contributed by atoms with Gasteiger partial charge < -0.3 is 13.3 Å². The van der Waals surface area contributed by atoms with Gasteiger partial charge in [-0.2, -0.15) is 26.3 Å². The second kappa shape index (κ2) is 12.7. The highest BCUT2D eigenvalue weighted by atomic mass is 32.3. The molecular weight excluding hydrogens is 494 g/mol. The Morgan fingerprint density at radius 2 is 1.31 bits per heavy atom. The number of unbranched alkanes of at least 4 members (excludes halogenated alkanes) is 2. The van der Waals surface area contributed by atoms with Crippen molar-refractivity contribution in [3.63, 3.8) is 0 Å². The molecule has 0 fully saturated rings. The molecule has 0 N–H and O–H groups in total. The Kier molecular flexibility index (Phi) is 13.1. The number of halogens is 6. The van der Waals surface area contributed by atoms with E-state index in [1.165, 1.54) is 19.4 Å². The van der Waals surface area contributed by atoms with E-state index in [0.717, 1.165) is 28.0 Å². The van der Waals surface area contributed by atoms with Crippen LogP contribution in [0.15, 0.2) is 12.2 Å². The first-order chi connectivity index (χ1) is 14.1. The van der Waals surface area contributed by atoms with Crippen LogP contribution in [0.4, 0.5) is 26.3 Å². The molecule has 0 heterocycles. The number of quaternary nitrogens is 1. The van der Waals surface area contributed by atoms with Crippen molar-refractivity contribution in [2.75, 3.05) is 33.8 Å². The summed E-state index contributed by atoms with van der Waals surface area (Å²) < 4.78 is 115. The smallest absolute Gasteiger partial charge is 0.462 e. The summed E-state index contributed by atoms with van der Waals surface area (Å²) in [7, 11) is -8.92. The molecule has 0 aromatic heterocycles. The molecule has 32 heavy (non-hydrogen) atoms. The van der Waals surface area contributed by atoms with E-state index in [-0.39, 0.29) is 5.97 Å². The molecule has 0 amide bonds. The van der Waals surface area contributed by atoms with E-state index in [2.05, 4.69) is 27.6 Å². The van der Waals surface area contributed by atoms with Crippen molar-refractivity contribution in [2.45, 2.75) is 50.5 Å². The number of sulfonamides is 2. The van der Waals surface area contributed by atoms with Crippen LogP contribution in [-0.2, 0) is 29.6 Å². The molecule has 0 radical (unpaired) electrons. The lowest BCUT2D eigenvalue weighted by atomic mass is 10.2. The Hall–Kier alpha value is -1.39. The summed E-state index contributed by atoms with van der Waals surface area (Å²) in [5, 5.41) is 0. The lowest BCUT2D eigenvalue weighted by molar-refractivity contribution is -0.890. The van der Waals surface area contributed by atoms with Gasteiger partial charge in [0.1, 0.15) is 0 Å². The average Bonchev–Trinajstić information content (AvgIpc) is 2.57. The molecule has 16 heteroatoms. The number of hydrogen-bond donors (Lipinski definition) is 0. The molecule has 8 nitrogen and oxygen atoms in total. The van der Waals surface area contributed by atoms with Crippen molar-refractivity contribution >= 4 is 26.0 Å². The summed E-state index contributed by atoms with van der Waals surface area (Å²) in [6.45, 7) is 10.3. The third-order valence-electron chi connectivity index (χ3n) is 3.64. The summed E-state index contributed by atoms with van der Waals surface area (Å²) in [5.41, 5.74) is -11.9. The fraction of sp³-hybridized carbons (Fsp3) is 0.812. The lowest BCUT2D eigenvalue weighted by Crippen LogP contribution is -2.41. The van der Waals surface area contributed by atoms with Gasteiger partial charge in [-0.3, -0.25) is 0 Å². The van der Waals surface area contributed by atoms with Crippen molar-refractivity contribution in [1.29, 1.82) is 0 Å². The Bertz CT molecular complexity index is 779. The normalized spacial score (nSPS) is 13.2.